The first-order valence-electron chi connectivity index (χ1n) is 2.37. The van der Waals surface area contributed by atoms with Gasteiger partial charge in [0.2, 0.25) is 0 Å². The van der Waals surface area contributed by atoms with Crippen molar-refractivity contribution < 1.29 is 3.07 Å². The predicted molar refractivity (Wildman–Crippen MR) is 46.1 cm³/mol. The van der Waals surface area contributed by atoms with Crippen molar-refractivity contribution in [2.24, 2.45) is 0 Å². The molecule has 1 aromatic rings. The van der Waals surface area contributed by atoms with E-state index in [2.05, 4.69) is 0 Å². The Balaban J connectivity index is 2.94. The fourth-order valence-corrected chi connectivity index (χ4v) is 0.969. The molecule has 0 N–H and O–H groups in total. The van der Waals surface area contributed by atoms with Crippen LogP contribution in [0.1, 0.15) is 0 Å². The van der Waals surface area contributed by atoms with Crippen LogP contribution in [0, 0.1) is 0 Å². The lowest BCUT2D eigenvalue weighted by molar-refractivity contribution is 0.717. The standard InChI is InChI=1S/C6H4ClIO/c7-5-2-1-3-6(4-5)9-8/h1-4H. The molecule has 0 spiro atoms. The Kier molecular flexibility index (Phi) is 2.60. The summed E-state index contributed by atoms with van der Waals surface area (Å²) in [4.78, 5) is 0. The number of hydrogen-bond donors (Lipinski definition) is 0. The van der Waals surface area contributed by atoms with Crippen LogP contribution in [0.15, 0.2) is 24.3 Å². The first-order chi connectivity index (χ1) is 4.33. The van der Waals surface area contributed by atoms with E-state index in [-0.39, 0.29) is 0 Å². The van der Waals surface area contributed by atoms with E-state index in [0.717, 1.165) is 5.75 Å². The molecule has 0 unspecified atom stereocenters. The summed E-state index contributed by atoms with van der Waals surface area (Å²) in [6.07, 6.45) is 0. The molecule has 0 atom stereocenters. The quantitative estimate of drug-likeness (QED) is 0.700. The highest BCUT2D eigenvalue weighted by Crippen LogP contribution is 2.18. The van der Waals surface area contributed by atoms with Crippen LogP contribution in [-0.4, -0.2) is 0 Å². The molecule has 0 saturated heterocycles. The Bertz CT molecular complexity index is 202. The largest absolute Gasteiger partial charge is 0.428 e. The van der Waals surface area contributed by atoms with Crippen molar-refractivity contribution in [1.29, 1.82) is 0 Å². The average Bonchev–Trinajstić information content (AvgIpc) is 1.88. The minimum absolute atomic E-state index is 0.698. The molecule has 0 amide bonds. The van der Waals surface area contributed by atoms with E-state index < -0.39 is 0 Å². The van der Waals surface area contributed by atoms with Crippen molar-refractivity contribution in [2.75, 3.05) is 0 Å². The summed E-state index contributed by atoms with van der Waals surface area (Å²) >= 11 is 7.45. The predicted octanol–water partition coefficient (Wildman–Crippen LogP) is 3.07. The molecule has 0 bridgehead atoms. The van der Waals surface area contributed by atoms with Crippen molar-refractivity contribution in [3.8, 4) is 5.75 Å². The summed E-state index contributed by atoms with van der Waals surface area (Å²) in [5.74, 6) is 0.781. The van der Waals surface area contributed by atoms with Crippen LogP contribution in [0.2, 0.25) is 5.02 Å². The Morgan fingerprint density at radius 1 is 1.44 bits per heavy atom. The lowest BCUT2D eigenvalue weighted by Crippen LogP contribution is -1.70. The highest BCUT2D eigenvalue weighted by molar-refractivity contribution is 14.1. The van der Waals surface area contributed by atoms with Gasteiger partial charge in [0.05, 0.1) is 0 Å². The van der Waals surface area contributed by atoms with Gasteiger partial charge in [0, 0.05) is 5.02 Å². The molecule has 0 saturated carbocycles. The molecule has 0 radical (unpaired) electrons. The Hall–Kier alpha value is 0.0400. The van der Waals surface area contributed by atoms with Crippen molar-refractivity contribution >= 4 is 34.6 Å². The average molecular weight is 254 g/mol. The van der Waals surface area contributed by atoms with Crippen molar-refractivity contribution in [3.05, 3.63) is 29.3 Å². The summed E-state index contributed by atoms with van der Waals surface area (Å²) in [5.41, 5.74) is 0. The molecule has 1 nitrogen and oxygen atoms in total. The molecule has 0 fully saturated rings. The van der Waals surface area contributed by atoms with Crippen LogP contribution < -0.4 is 3.07 Å². The molecule has 0 aliphatic carbocycles. The fourth-order valence-electron chi connectivity index (χ4n) is 0.515. The second-order valence-corrected chi connectivity index (χ2v) is 2.41. The van der Waals surface area contributed by atoms with Gasteiger partial charge in [0.15, 0.2) is 23.0 Å². The number of rotatable bonds is 1. The van der Waals surface area contributed by atoms with Gasteiger partial charge < -0.3 is 3.07 Å². The van der Waals surface area contributed by atoms with Gasteiger partial charge in [-0.3, -0.25) is 0 Å². The van der Waals surface area contributed by atoms with E-state index in [0.29, 0.717) is 5.02 Å². The van der Waals surface area contributed by atoms with Gasteiger partial charge in [-0.25, -0.2) is 0 Å². The summed E-state index contributed by atoms with van der Waals surface area (Å²) < 4.78 is 4.88. The van der Waals surface area contributed by atoms with E-state index >= 15 is 0 Å². The van der Waals surface area contributed by atoms with Crippen LogP contribution >= 0.6 is 34.6 Å². The Morgan fingerprint density at radius 3 is 2.67 bits per heavy atom. The summed E-state index contributed by atoms with van der Waals surface area (Å²) in [6, 6.07) is 7.25. The molecule has 0 aliphatic heterocycles. The van der Waals surface area contributed by atoms with Crippen LogP contribution in [0.4, 0.5) is 0 Å². The molecule has 0 heterocycles. The van der Waals surface area contributed by atoms with Crippen molar-refractivity contribution in [3.63, 3.8) is 0 Å². The molecule has 1 rings (SSSR count). The molecule has 0 aliphatic rings. The van der Waals surface area contributed by atoms with Gasteiger partial charge in [-0.05, 0) is 18.2 Å². The molecular formula is C6H4ClIO. The van der Waals surface area contributed by atoms with Gasteiger partial charge in [-0.1, -0.05) is 17.7 Å². The van der Waals surface area contributed by atoms with Gasteiger partial charge in [0.25, 0.3) is 0 Å². The molecule has 1 aromatic carbocycles. The van der Waals surface area contributed by atoms with Gasteiger partial charge in [-0.15, -0.1) is 0 Å². The van der Waals surface area contributed by atoms with E-state index in [9.17, 15) is 0 Å². The maximum absolute atomic E-state index is 5.64. The monoisotopic (exact) mass is 254 g/mol. The van der Waals surface area contributed by atoms with Crippen LogP contribution in [0.5, 0.6) is 5.75 Å². The zero-order valence-electron chi connectivity index (χ0n) is 4.47. The second kappa shape index (κ2) is 3.27. The van der Waals surface area contributed by atoms with Crippen LogP contribution in [0.25, 0.3) is 0 Å². The van der Waals surface area contributed by atoms with Gasteiger partial charge >= 0.3 is 0 Å². The second-order valence-electron chi connectivity index (χ2n) is 1.53. The third kappa shape index (κ3) is 2.02. The lowest BCUT2D eigenvalue weighted by Gasteiger charge is -1.94. The first kappa shape index (κ1) is 7.15. The molecule has 48 valence electrons. The third-order valence-electron chi connectivity index (χ3n) is 0.885. The third-order valence-corrected chi connectivity index (χ3v) is 1.63. The van der Waals surface area contributed by atoms with Crippen LogP contribution in [0.3, 0.4) is 0 Å². The van der Waals surface area contributed by atoms with E-state index in [1.807, 2.05) is 35.1 Å². The topological polar surface area (TPSA) is 9.23 Å². The molecule has 3 heteroatoms. The van der Waals surface area contributed by atoms with E-state index in [4.69, 9.17) is 14.7 Å². The van der Waals surface area contributed by atoms with Crippen molar-refractivity contribution in [2.45, 2.75) is 0 Å². The van der Waals surface area contributed by atoms with Gasteiger partial charge in [0.1, 0.15) is 5.75 Å². The summed E-state index contributed by atoms with van der Waals surface area (Å²) in [5, 5.41) is 0.698. The maximum atomic E-state index is 5.64. The highest BCUT2D eigenvalue weighted by atomic mass is 127. The Labute approximate surface area is 72.7 Å². The van der Waals surface area contributed by atoms with Gasteiger partial charge in [-0.2, -0.15) is 0 Å². The first-order valence-corrected chi connectivity index (χ1v) is 3.63. The smallest absolute Gasteiger partial charge is 0.192 e. The highest BCUT2D eigenvalue weighted by Gasteiger charge is 1.89. The minimum Gasteiger partial charge on any atom is -0.428 e. The molecular weight excluding hydrogens is 250 g/mol. The van der Waals surface area contributed by atoms with E-state index in [1.165, 1.54) is 0 Å². The summed E-state index contributed by atoms with van der Waals surface area (Å²) in [6.45, 7) is 0. The number of benzene rings is 1. The lowest BCUT2D eigenvalue weighted by atomic mass is 10.3. The SMILES string of the molecule is Clc1cccc(OI)c1. The zero-order chi connectivity index (χ0) is 6.69. The number of halogens is 2. The normalized spacial score (nSPS) is 9.11. The molecule has 0 aromatic heterocycles. The molecule has 9 heavy (non-hydrogen) atoms. The Morgan fingerprint density at radius 2 is 2.22 bits per heavy atom. The zero-order valence-corrected chi connectivity index (χ0v) is 7.39. The maximum Gasteiger partial charge on any atom is 0.192 e. The van der Waals surface area contributed by atoms with E-state index in [1.54, 1.807) is 12.1 Å². The summed E-state index contributed by atoms with van der Waals surface area (Å²) in [7, 11) is 0. The number of hydrogen-bond acceptors (Lipinski definition) is 1. The van der Waals surface area contributed by atoms with Crippen molar-refractivity contribution in [1.82, 2.24) is 0 Å². The fraction of sp³-hybridized carbons (Fsp3) is 0. The minimum atomic E-state index is 0.698. The van der Waals surface area contributed by atoms with Crippen LogP contribution in [-0.2, 0) is 0 Å².